The molecule has 2 aromatic heterocycles. The Morgan fingerprint density at radius 3 is 2.89 bits per heavy atom. The number of fused-ring (bicyclic) bond motifs is 1. The van der Waals surface area contributed by atoms with Gasteiger partial charge in [-0.3, -0.25) is 0 Å². The average molecular weight is 272 g/mol. The zero-order valence-corrected chi connectivity index (χ0v) is 10.8. The molecule has 2 heterocycles. The number of hydrogen-bond acceptors (Lipinski definition) is 6. The molecule has 0 saturated heterocycles. The van der Waals surface area contributed by atoms with Gasteiger partial charge in [0.15, 0.2) is 0 Å². The van der Waals surface area contributed by atoms with Gasteiger partial charge in [0.1, 0.15) is 16.0 Å². The van der Waals surface area contributed by atoms with Crippen LogP contribution in [0.15, 0.2) is 23.6 Å². The SMILES string of the molecule is N#Cc1scc(N)c1-c1nc2ccc(N)cc2s1. The van der Waals surface area contributed by atoms with E-state index in [0.717, 1.165) is 20.8 Å². The molecule has 3 rings (SSSR count). The molecule has 88 valence electrons. The molecule has 0 aliphatic rings. The minimum absolute atomic E-state index is 0.597. The minimum Gasteiger partial charge on any atom is -0.399 e. The molecule has 6 heteroatoms. The second-order valence-electron chi connectivity index (χ2n) is 3.75. The first kappa shape index (κ1) is 11.0. The van der Waals surface area contributed by atoms with Gasteiger partial charge in [-0.05, 0) is 18.2 Å². The van der Waals surface area contributed by atoms with Gasteiger partial charge in [0, 0.05) is 11.1 Å². The molecule has 0 aliphatic heterocycles. The standard InChI is InChI=1S/C12H8N4S2/c13-4-10-11(7(15)5-17-10)12-16-8-2-1-6(14)3-9(8)18-12/h1-3,5H,14-15H2. The van der Waals surface area contributed by atoms with E-state index in [4.69, 9.17) is 16.7 Å². The fourth-order valence-corrected chi connectivity index (χ4v) is 3.62. The topological polar surface area (TPSA) is 88.7 Å². The fourth-order valence-electron chi connectivity index (χ4n) is 1.72. The lowest BCUT2D eigenvalue weighted by Crippen LogP contribution is -1.86. The molecular formula is C12H8N4S2. The van der Waals surface area contributed by atoms with Crippen LogP contribution in [0.3, 0.4) is 0 Å². The molecule has 0 fully saturated rings. The Kier molecular flexibility index (Phi) is 2.44. The Hall–Kier alpha value is -2.10. The second-order valence-corrected chi connectivity index (χ2v) is 5.66. The smallest absolute Gasteiger partial charge is 0.128 e. The summed E-state index contributed by atoms with van der Waals surface area (Å²) in [5.41, 5.74) is 14.6. The van der Waals surface area contributed by atoms with E-state index in [1.54, 1.807) is 5.38 Å². The fraction of sp³-hybridized carbons (Fsp3) is 0. The maximum Gasteiger partial charge on any atom is 0.128 e. The molecule has 4 nitrogen and oxygen atoms in total. The van der Waals surface area contributed by atoms with Crippen molar-refractivity contribution < 1.29 is 0 Å². The van der Waals surface area contributed by atoms with Gasteiger partial charge in [-0.1, -0.05) is 0 Å². The number of rotatable bonds is 1. The lowest BCUT2D eigenvalue weighted by Gasteiger charge is -1.93. The number of thiazole rings is 1. The van der Waals surface area contributed by atoms with Crippen molar-refractivity contribution in [3.63, 3.8) is 0 Å². The molecule has 1 aromatic carbocycles. The maximum atomic E-state index is 9.07. The summed E-state index contributed by atoms with van der Waals surface area (Å²) in [7, 11) is 0. The molecule has 0 bridgehead atoms. The summed E-state index contributed by atoms with van der Waals surface area (Å²) >= 11 is 2.84. The van der Waals surface area contributed by atoms with E-state index < -0.39 is 0 Å². The summed E-state index contributed by atoms with van der Waals surface area (Å²) in [5.74, 6) is 0. The summed E-state index contributed by atoms with van der Waals surface area (Å²) in [6.45, 7) is 0. The first-order valence-electron chi connectivity index (χ1n) is 5.12. The highest BCUT2D eigenvalue weighted by molar-refractivity contribution is 7.22. The van der Waals surface area contributed by atoms with Crippen LogP contribution in [-0.2, 0) is 0 Å². The first-order chi connectivity index (χ1) is 8.69. The van der Waals surface area contributed by atoms with Gasteiger partial charge in [-0.15, -0.1) is 22.7 Å². The monoisotopic (exact) mass is 272 g/mol. The zero-order valence-electron chi connectivity index (χ0n) is 9.18. The summed E-state index contributed by atoms with van der Waals surface area (Å²) in [4.78, 5) is 5.10. The molecule has 0 amide bonds. The number of thiophene rings is 1. The van der Waals surface area contributed by atoms with Crippen LogP contribution in [0.4, 0.5) is 11.4 Å². The van der Waals surface area contributed by atoms with Crippen molar-refractivity contribution in [2.75, 3.05) is 11.5 Å². The van der Waals surface area contributed by atoms with E-state index in [2.05, 4.69) is 11.1 Å². The molecule has 0 unspecified atom stereocenters. The third-order valence-corrected chi connectivity index (χ3v) is 4.49. The molecule has 0 spiro atoms. The van der Waals surface area contributed by atoms with Crippen molar-refractivity contribution in [1.82, 2.24) is 4.98 Å². The third-order valence-electron chi connectivity index (χ3n) is 2.55. The second kappa shape index (κ2) is 3.98. The van der Waals surface area contributed by atoms with Crippen molar-refractivity contribution in [3.8, 4) is 16.6 Å². The Labute approximate surface area is 111 Å². The summed E-state index contributed by atoms with van der Waals surface area (Å²) in [5, 5.41) is 11.6. The van der Waals surface area contributed by atoms with Crippen molar-refractivity contribution in [2.24, 2.45) is 0 Å². The number of nitrogens with two attached hydrogens (primary N) is 2. The summed E-state index contributed by atoms with van der Waals surface area (Å²) in [6, 6.07) is 7.72. The highest BCUT2D eigenvalue weighted by Crippen LogP contribution is 2.38. The van der Waals surface area contributed by atoms with E-state index in [9.17, 15) is 0 Å². The van der Waals surface area contributed by atoms with Crippen LogP contribution < -0.4 is 11.5 Å². The van der Waals surface area contributed by atoms with Gasteiger partial charge in [-0.25, -0.2) is 4.98 Å². The van der Waals surface area contributed by atoms with Crippen LogP contribution in [0.25, 0.3) is 20.8 Å². The van der Waals surface area contributed by atoms with Gasteiger partial charge >= 0.3 is 0 Å². The Balaban J connectivity index is 2.26. The maximum absolute atomic E-state index is 9.07. The lowest BCUT2D eigenvalue weighted by atomic mass is 10.2. The van der Waals surface area contributed by atoms with Crippen LogP contribution in [0.5, 0.6) is 0 Å². The highest BCUT2D eigenvalue weighted by Gasteiger charge is 2.15. The zero-order chi connectivity index (χ0) is 12.7. The Bertz CT molecular complexity index is 779. The number of aromatic nitrogens is 1. The van der Waals surface area contributed by atoms with Gasteiger partial charge in [-0.2, -0.15) is 5.26 Å². The molecule has 3 aromatic rings. The third kappa shape index (κ3) is 1.61. The number of nitriles is 1. The van der Waals surface area contributed by atoms with Gasteiger partial charge in [0.2, 0.25) is 0 Å². The van der Waals surface area contributed by atoms with Crippen molar-refractivity contribution in [2.45, 2.75) is 0 Å². The molecule has 0 aliphatic carbocycles. The van der Waals surface area contributed by atoms with Gasteiger partial charge in [0.05, 0.1) is 21.5 Å². The predicted octanol–water partition coefficient (Wildman–Crippen LogP) is 3.06. The van der Waals surface area contributed by atoms with E-state index in [-0.39, 0.29) is 0 Å². The largest absolute Gasteiger partial charge is 0.399 e. The van der Waals surface area contributed by atoms with Crippen molar-refractivity contribution >= 4 is 44.3 Å². The number of anilines is 2. The predicted molar refractivity (Wildman–Crippen MR) is 76.5 cm³/mol. The van der Waals surface area contributed by atoms with Crippen LogP contribution in [0.1, 0.15) is 4.88 Å². The Morgan fingerprint density at radius 1 is 1.28 bits per heavy atom. The van der Waals surface area contributed by atoms with Crippen molar-refractivity contribution in [1.29, 1.82) is 5.26 Å². The van der Waals surface area contributed by atoms with Crippen LogP contribution in [0.2, 0.25) is 0 Å². The minimum atomic E-state index is 0.597. The van der Waals surface area contributed by atoms with Gasteiger partial charge in [0.25, 0.3) is 0 Å². The molecule has 4 N–H and O–H groups in total. The average Bonchev–Trinajstić information content (AvgIpc) is 2.91. The number of benzene rings is 1. The number of nitrogens with zero attached hydrogens (tertiary/aromatic N) is 2. The van der Waals surface area contributed by atoms with Crippen LogP contribution in [-0.4, -0.2) is 4.98 Å². The summed E-state index contributed by atoms with van der Waals surface area (Å²) in [6.07, 6.45) is 0. The first-order valence-corrected chi connectivity index (χ1v) is 6.82. The molecule has 0 saturated carbocycles. The molecular weight excluding hydrogens is 264 g/mol. The van der Waals surface area contributed by atoms with E-state index >= 15 is 0 Å². The Morgan fingerprint density at radius 2 is 2.11 bits per heavy atom. The van der Waals surface area contributed by atoms with E-state index in [0.29, 0.717) is 16.3 Å². The summed E-state index contributed by atoms with van der Waals surface area (Å²) < 4.78 is 1.000. The molecule has 0 atom stereocenters. The molecule has 18 heavy (non-hydrogen) atoms. The van der Waals surface area contributed by atoms with Gasteiger partial charge < -0.3 is 11.5 Å². The quantitative estimate of drug-likeness (QED) is 0.666. The molecule has 0 radical (unpaired) electrons. The normalized spacial score (nSPS) is 10.6. The number of hydrogen-bond donors (Lipinski definition) is 2. The van der Waals surface area contributed by atoms with E-state index in [1.807, 2.05) is 18.2 Å². The van der Waals surface area contributed by atoms with Crippen LogP contribution >= 0.6 is 22.7 Å². The van der Waals surface area contributed by atoms with E-state index in [1.165, 1.54) is 22.7 Å². The van der Waals surface area contributed by atoms with Crippen molar-refractivity contribution in [3.05, 3.63) is 28.5 Å². The number of nitrogen functional groups attached to an aromatic ring is 2. The van der Waals surface area contributed by atoms with Crippen LogP contribution in [0, 0.1) is 11.3 Å². The highest BCUT2D eigenvalue weighted by atomic mass is 32.1. The lowest BCUT2D eigenvalue weighted by molar-refractivity contribution is 1.47.